The summed E-state index contributed by atoms with van der Waals surface area (Å²) in [7, 11) is -4.49. The van der Waals surface area contributed by atoms with Gasteiger partial charge in [0.05, 0.1) is 11.0 Å². The van der Waals surface area contributed by atoms with Crippen molar-refractivity contribution >= 4 is 16.0 Å². The Labute approximate surface area is 117 Å². The van der Waals surface area contributed by atoms with Crippen LogP contribution in [0.2, 0.25) is 0 Å². The molecule has 1 aromatic carbocycles. The molecule has 0 saturated heterocycles. The molecule has 1 aromatic rings. The predicted octanol–water partition coefficient (Wildman–Crippen LogP) is -0.146. The minimum Gasteiger partial charge on any atom is -0.390 e. The van der Waals surface area contributed by atoms with Crippen LogP contribution in [-0.2, 0) is 14.9 Å². The SMILES string of the molecule is CC(=O)NCCC(O)C(O)c1ccccc1S(=O)(=O)O. The van der Waals surface area contributed by atoms with E-state index in [0.717, 1.165) is 6.07 Å². The van der Waals surface area contributed by atoms with Gasteiger partial charge in [0.1, 0.15) is 6.10 Å². The normalized spacial score (nSPS) is 14.6. The maximum absolute atomic E-state index is 11.2. The second-order valence-electron chi connectivity index (χ2n) is 4.30. The van der Waals surface area contributed by atoms with Crippen LogP contribution in [0.25, 0.3) is 0 Å². The third kappa shape index (κ3) is 4.57. The van der Waals surface area contributed by atoms with Gasteiger partial charge < -0.3 is 15.5 Å². The molecule has 0 fully saturated rings. The molecule has 0 saturated carbocycles. The number of nitrogens with one attached hydrogen (secondary N) is 1. The largest absolute Gasteiger partial charge is 0.390 e. The third-order valence-electron chi connectivity index (χ3n) is 2.69. The molecule has 0 aliphatic rings. The van der Waals surface area contributed by atoms with Gasteiger partial charge in [-0.2, -0.15) is 8.42 Å². The van der Waals surface area contributed by atoms with E-state index in [9.17, 15) is 23.4 Å². The molecular weight excluding hydrogens is 286 g/mol. The lowest BCUT2D eigenvalue weighted by Crippen LogP contribution is -2.28. The van der Waals surface area contributed by atoms with Crippen LogP contribution in [0.1, 0.15) is 25.0 Å². The van der Waals surface area contributed by atoms with Gasteiger partial charge in [0.25, 0.3) is 10.1 Å². The smallest absolute Gasteiger partial charge is 0.294 e. The summed E-state index contributed by atoms with van der Waals surface area (Å²) in [4.78, 5) is 10.2. The van der Waals surface area contributed by atoms with E-state index in [1.165, 1.54) is 25.1 Å². The maximum atomic E-state index is 11.2. The fourth-order valence-corrected chi connectivity index (χ4v) is 2.46. The van der Waals surface area contributed by atoms with Crippen LogP contribution in [0.3, 0.4) is 0 Å². The number of hydrogen-bond donors (Lipinski definition) is 4. The Bertz CT molecular complexity index is 571. The quantitative estimate of drug-likeness (QED) is 0.542. The molecule has 112 valence electrons. The molecule has 0 heterocycles. The molecular formula is C12H17NO6S. The van der Waals surface area contributed by atoms with Gasteiger partial charge in [0.15, 0.2) is 0 Å². The molecule has 1 amide bonds. The van der Waals surface area contributed by atoms with E-state index >= 15 is 0 Å². The second kappa shape index (κ2) is 6.80. The van der Waals surface area contributed by atoms with Crippen molar-refractivity contribution in [1.82, 2.24) is 5.32 Å². The Kier molecular flexibility index (Phi) is 5.63. The first kappa shape index (κ1) is 16.6. The number of carbonyl (C=O) groups is 1. The molecule has 4 N–H and O–H groups in total. The summed E-state index contributed by atoms with van der Waals surface area (Å²) in [5, 5.41) is 22.2. The lowest BCUT2D eigenvalue weighted by Gasteiger charge is -2.20. The van der Waals surface area contributed by atoms with E-state index in [0.29, 0.717) is 0 Å². The van der Waals surface area contributed by atoms with Gasteiger partial charge in [-0.05, 0) is 12.5 Å². The zero-order valence-electron chi connectivity index (χ0n) is 10.9. The van der Waals surface area contributed by atoms with Crippen molar-refractivity contribution in [3.05, 3.63) is 29.8 Å². The fraction of sp³-hybridized carbons (Fsp3) is 0.417. The van der Waals surface area contributed by atoms with Gasteiger partial charge in [-0.1, -0.05) is 18.2 Å². The standard InChI is InChI=1S/C12H17NO6S/c1-8(14)13-7-6-10(15)12(16)9-4-2-3-5-11(9)20(17,18)19/h2-5,10,12,15-16H,6-7H2,1H3,(H,13,14)(H,17,18,19). The van der Waals surface area contributed by atoms with Gasteiger partial charge in [0, 0.05) is 19.0 Å². The summed E-state index contributed by atoms with van der Waals surface area (Å²) in [6, 6.07) is 5.31. The first-order chi connectivity index (χ1) is 9.23. The highest BCUT2D eigenvalue weighted by atomic mass is 32.2. The number of benzene rings is 1. The summed E-state index contributed by atoms with van der Waals surface area (Å²) < 4.78 is 31.5. The molecule has 1 rings (SSSR count). The Hall–Kier alpha value is -1.48. The van der Waals surface area contributed by atoms with Gasteiger partial charge in [0.2, 0.25) is 5.91 Å². The van der Waals surface area contributed by atoms with Crippen LogP contribution in [0, 0.1) is 0 Å². The monoisotopic (exact) mass is 303 g/mol. The topological polar surface area (TPSA) is 124 Å². The van der Waals surface area contributed by atoms with Crippen molar-refractivity contribution in [1.29, 1.82) is 0 Å². The first-order valence-corrected chi connectivity index (χ1v) is 7.34. The minimum absolute atomic E-state index is 0.0422. The number of amides is 1. The predicted molar refractivity (Wildman–Crippen MR) is 70.5 cm³/mol. The lowest BCUT2D eigenvalue weighted by molar-refractivity contribution is -0.119. The summed E-state index contributed by atoms with van der Waals surface area (Å²) in [5.41, 5.74) is -0.0923. The second-order valence-corrected chi connectivity index (χ2v) is 5.69. The third-order valence-corrected chi connectivity index (χ3v) is 3.62. The van der Waals surface area contributed by atoms with Crippen molar-refractivity contribution in [3.8, 4) is 0 Å². The highest BCUT2D eigenvalue weighted by Crippen LogP contribution is 2.25. The van der Waals surface area contributed by atoms with Gasteiger partial charge >= 0.3 is 0 Å². The maximum Gasteiger partial charge on any atom is 0.294 e. The van der Waals surface area contributed by atoms with Crippen LogP contribution in [-0.4, -0.2) is 41.7 Å². The lowest BCUT2D eigenvalue weighted by atomic mass is 10.0. The highest BCUT2D eigenvalue weighted by Gasteiger charge is 2.25. The molecule has 0 aromatic heterocycles. The number of aliphatic hydroxyl groups excluding tert-OH is 2. The van der Waals surface area contributed by atoms with Gasteiger partial charge in [-0.3, -0.25) is 9.35 Å². The zero-order chi connectivity index (χ0) is 15.3. The Balaban J connectivity index is 2.87. The molecule has 2 atom stereocenters. The summed E-state index contributed by atoms with van der Waals surface area (Å²) in [6.07, 6.45) is -2.72. The number of aliphatic hydroxyl groups is 2. The molecule has 20 heavy (non-hydrogen) atoms. The van der Waals surface area contributed by atoms with Crippen LogP contribution >= 0.6 is 0 Å². The van der Waals surface area contributed by atoms with Crippen molar-refractivity contribution in [2.24, 2.45) is 0 Å². The van der Waals surface area contributed by atoms with E-state index in [-0.39, 0.29) is 24.4 Å². The van der Waals surface area contributed by atoms with Crippen molar-refractivity contribution in [3.63, 3.8) is 0 Å². The Morgan fingerprint density at radius 1 is 1.30 bits per heavy atom. The molecule has 0 radical (unpaired) electrons. The van der Waals surface area contributed by atoms with E-state index in [2.05, 4.69) is 5.32 Å². The number of hydrogen-bond acceptors (Lipinski definition) is 5. The van der Waals surface area contributed by atoms with Crippen molar-refractivity contribution in [2.75, 3.05) is 6.54 Å². The Morgan fingerprint density at radius 3 is 2.45 bits per heavy atom. The summed E-state index contributed by atoms with van der Waals surface area (Å²) in [5.74, 6) is -0.273. The molecule has 2 unspecified atom stereocenters. The van der Waals surface area contributed by atoms with E-state index < -0.39 is 27.2 Å². The molecule has 0 spiro atoms. The summed E-state index contributed by atoms with van der Waals surface area (Å²) >= 11 is 0. The van der Waals surface area contributed by atoms with E-state index in [1.807, 2.05) is 0 Å². The van der Waals surface area contributed by atoms with Gasteiger partial charge in [-0.15, -0.1) is 0 Å². The molecule has 0 aliphatic heterocycles. The molecule has 7 nitrogen and oxygen atoms in total. The Morgan fingerprint density at radius 2 is 1.90 bits per heavy atom. The molecule has 0 aliphatic carbocycles. The fourth-order valence-electron chi connectivity index (χ4n) is 1.72. The number of carbonyl (C=O) groups excluding carboxylic acids is 1. The molecule has 0 bridgehead atoms. The minimum atomic E-state index is -4.49. The molecule has 8 heteroatoms. The zero-order valence-corrected chi connectivity index (χ0v) is 11.7. The average Bonchev–Trinajstić information content (AvgIpc) is 2.36. The van der Waals surface area contributed by atoms with Crippen molar-refractivity contribution in [2.45, 2.75) is 30.4 Å². The van der Waals surface area contributed by atoms with Crippen LogP contribution in [0.4, 0.5) is 0 Å². The van der Waals surface area contributed by atoms with Gasteiger partial charge in [-0.25, -0.2) is 0 Å². The van der Waals surface area contributed by atoms with Crippen LogP contribution in [0.15, 0.2) is 29.2 Å². The first-order valence-electron chi connectivity index (χ1n) is 5.90. The van der Waals surface area contributed by atoms with Crippen molar-refractivity contribution < 1.29 is 28.0 Å². The van der Waals surface area contributed by atoms with Crippen LogP contribution in [0.5, 0.6) is 0 Å². The van der Waals surface area contributed by atoms with E-state index in [1.54, 1.807) is 0 Å². The average molecular weight is 303 g/mol. The van der Waals surface area contributed by atoms with E-state index in [4.69, 9.17) is 4.55 Å². The van der Waals surface area contributed by atoms with Crippen LogP contribution < -0.4 is 5.32 Å². The summed E-state index contributed by atoms with van der Waals surface area (Å²) in [6.45, 7) is 1.46. The number of rotatable bonds is 6. The highest BCUT2D eigenvalue weighted by molar-refractivity contribution is 7.85.